The van der Waals surface area contributed by atoms with E-state index in [0.717, 1.165) is 19.0 Å². The Morgan fingerprint density at radius 2 is 1.81 bits per heavy atom. The van der Waals surface area contributed by atoms with Crippen molar-refractivity contribution in [3.05, 3.63) is 35.4 Å². The minimum absolute atomic E-state index is 0.147. The van der Waals surface area contributed by atoms with Crippen LogP contribution in [0.5, 0.6) is 0 Å². The molecule has 0 radical (unpaired) electrons. The van der Waals surface area contributed by atoms with Crippen LogP contribution >= 0.6 is 0 Å². The molecule has 1 aliphatic rings. The van der Waals surface area contributed by atoms with Crippen molar-refractivity contribution in [2.45, 2.75) is 33.6 Å². The van der Waals surface area contributed by atoms with Crippen LogP contribution in [0.15, 0.2) is 24.3 Å². The highest BCUT2D eigenvalue weighted by Gasteiger charge is 2.29. The molecule has 1 saturated heterocycles. The summed E-state index contributed by atoms with van der Waals surface area (Å²) in [6.07, 6.45) is 2.34. The van der Waals surface area contributed by atoms with E-state index >= 15 is 0 Å². The van der Waals surface area contributed by atoms with Gasteiger partial charge in [0.25, 0.3) is 0 Å². The number of piperidine rings is 1. The fourth-order valence-electron chi connectivity index (χ4n) is 2.98. The Hall–Kier alpha value is -1.66. The van der Waals surface area contributed by atoms with E-state index in [0.29, 0.717) is 23.1 Å². The second-order valence-corrected chi connectivity index (χ2v) is 7.03. The molecule has 3 heteroatoms. The molecule has 1 aromatic rings. The van der Waals surface area contributed by atoms with Gasteiger partial charge in [0.2, 0.25) is 0 Å². The molecule has 1 aromatic carbocycles. The van der Waals surface area contributed by atoms with Gasteiger partial charge in [-0.15, -0.1) is 0 Å². The monoisotopic (exact) mass is 284 g/mol. The predicted octanol–water partition coefficient (Wildman–Crippen LogP) is 3.50. The minimum Gasteiger partial charge on any atom is -0.296 e. The maximum atomic E-state index is 12.3. The van der Waals surface area contributed by atoms with Crippen molar-refractivity contribution in [1.82, 2.24) is 4.90 Å². The third-order valence-electron chi connectivity index (χ3n) is 4.52. The molecule has 21 heavy (non-hydrogen) atoms. The number of carbonyl (C=O) groups is 1. The average Bonchev–Trinajstić information content (AvgIpc) is 2.47. The van der Waals surface area contributed by atoms with Crippen molar-refractivity contribution >= 4 is 5.78 Å². The van der Waals surface area contributed by atoms with Crippen molar-refractivity contribution in [3.8, 4) is 6.07 Å². The summed E-state index contributed by atoms with van der Waals surface area (Å²) in [6, 6.07) is 8.99. The number of benzene rings is 1. The lowest BCUT2D eigenvalue weighted by molar-refractivity contribution is 0.0822. The highest BCUT2D eigenvalue weighted by atomic mass is 16.1. The average molecular weight is 284 g/mol. The van der Waals surface area contributed by atoms with Crippen LogP contribution in [0.25, 0.3) is 0 Å². The number of Topliss-reactive ketones (excluding diaryl/α,β-unsaturated/α-hetero) is 1. The first-order valence-electron chi connectivity index (χ1n) is 7.66. The summed E-state index contributed by atoms with van der Waals surface area (Å²) in [7, 11) is 0. The molecule has 0 aromatic heterocycles. The lowest BCUT2D eigenvalue weighted by Crippen LogP contribution is -2.40. The van der Waals surface area contributed by atoms with E-state index in [1.807, 2.05) is 0 Å². The predicted molar refractivity (Wildman–Crippen MR) is 84.1 cm³/mol. The Labute approximate surface area is 127 Å². The number of likely N-dealkylation sites (tertiary alicyclic amines) is 1. The molecule has 1 fully saturated rings. The van der Waals surface area contributed by atoms with Crippen LogP contribution in [0.1, 0.15) is 49.5 Å². The Morgan fingerprint density at radius 3 is 2.29 bits per heavy atom. The molecular formula is C18H24N2O. The second kappa shape index (κ2) is 6.41. The first kappa shape index (κ1) is 15.7. The van der Waals surface area contributed by atoms with Gasteiger partial charge in [0, 0.05) is 5.56 Å². The SMILES string of the molecule is CC(C)(C)C1CCN(CC(=O)c2ccc(C#N)cc2)CC1. The normalized spacial score (nSPS) is 17.4. The number of rotatable bonds is 3. The van der Waals surface area contributed by atoms with Crippen molar-refractivity contribution < 1.29 is 4.79 Å². The summed E-state index contributed by atoms with van der Waals surface area (Å²) in [5.74, 6) is 0.896. The summed E-state index contributed by atoms with van der Waals surface area (Å²) in [6.45, 7) is 9.40. The van der Waals surface area contributed by atoms with Gasteiger partial charge in [-0.25, -0.2) is 0 Å². The molecule has 0 N–H and O–H groups in total. The molecule has 0 bridgehead atoms. The van der Waals surface area contributed by atoms with Gasteiger partial charge in [-0.1, -0.05) is 32.9 Å². The third-order valence-corrected chi connectivity index (χ3v) is 4.52. The van der Waals surface area contributed by atoms with Gasteiger partial charge in [-0.3, -0.25) is 9.69 Å². The third kappa shape index (κ3) is 4.15. The van der Waals surface area contributed by atoms with Gasteiger partial charge < -0.3 is 0 Å². The maximum absolute atomic E-state index is 12.3. The molecule has 1 aliphatic heterocycles. The van der Waals surface area contributed by atoms with Crippen molar-refractivity contribution in [2.24, 2.45) is 11.3 Å². The quantitative estimate of drug-likeness (QED) is 0.798. The largest absolute Gasteiger partial charge is 0.296 e. The molecule has 0 unspecified atom stereocenters. The molecular weight excluding hydrogens is 260 g/mol. The zero-order valence-corrected chi connectivity index (χ0v) is 13.2. The Kier molecular flexibility index (Phi) is 4.80. The lowest BCUT2D eigenvalue weighted by Gasteiger charge is -2.38. The number of ketones is 1. The molecule has 2 rings (SSSR count). The Bertz CT molecular complexity index is 526. The van der Waals surface area contributed by atoms with E-state index in [4.69, 9.17) is 5.26 Å². The lowest BCUT2D eigenvalue weighted by atomic mass is 9.75. The van der Waals surface area contributed by atoms with Crippen molar-refractivity contribution in [3.63, 3.8) is 0 Å². The molecule has 3 nitrogen and oxygen atoms in total. The fraction of sp³-hybridized carbons (Fsp3) is 0.556. The molecule has 0 saturated carbocycles. The number of nitrogens with zero attached hydrogens (tertiary/aromatic N) is 2. The molecule has 1 heterocycles. The number of nitriles is 1. The van der Waals surface area contributed by atoms with Crippen molar-refractivity contribution in [2.75, 3.05) is 19.6 Å². The van der Waals surface area contributed by atoms with Crippen LogP contribution in [0, 0.1) is 22.7 Å². The minimum atomic E-state index is 0.147. The van der Waals surface area contributed by atoms with Gasteiger partial charge in [-0.2, -0.15) is 5.26 Å². The zero-order valence-electron chi connectivity index (χ0n) is 13.2. The summed E-state index contributed by atoms with van der Waals surface area (Å²) < 4.78 is 0. The summed E-state index contributed by atoms with van der Waals surface area (Å²) in [4.78, 5) is 14.5. The molecule has 0 aliphatic carbocycles. The molecule has 0 amide bonds. The van der Waals surface area contributed by atoms with Gasteiger partial charge in [0.05, 0.1) is 18.2 Å². The van der Waals surface area contributed by atoms with Gasteiger partial charge in [0.1, 0.15) is 0 Å². The second-order valence-electron chi connectivity index (χ2n) is 7.03. The number of hydrogen-bond acceptors (Lipinski definition) is 3. The highest BCUT2D eigenvalue weighted by molar-refractivity contribution is 5.97. The van der Waals surface area contributed by atoms with Crippen LogP contribution < -0.4 is 0 Å². The van der Waals surface area contributed by atoms with Crippen molar-refractivity contribution in [1.29, 1.82) is 5.26 Å². The first-order chi connectivity index (χ1) is 9.90. The highest BCUT2D eigenvalue weighted by Crippen LogP contribution is 2.34. The van der Waals surface area contributed by atoms with Gasteiger partial charge >= 0.3 is 0 Å². The van der Waals surface area contributed by atoms with Gasteiger partial charge in [-0.05, 0) is 49.4 Å². The van der Waals surface area contributed by atoms with E-state index in [2.05, 4.69) is 31.7 Å². The standard InChI is InChI=1S/C18H24N2O/c1-18(2,3)16-8-10-20(11-9-16)13-17(21)15-6-4-14(12-19)5-7-15/h4-7,16H,8-11,13H2,1-3H3. The summed E-state index contributed by atoms with van der Waals surface area (Å²) in [5, 5.41) is 8.78. The van der Waals surface area contributed by atoms with Crippen LogP contribution in [0.3, 0.4) is 0 Å². The van der Waals surface area contributed by atoms with E-state index in [-0.39, 0.29) is 5.78 Å². The smallest absolute Gasteiger partial charge is 0.176 e. The Morgan fingerprint density at radius 1 is 1.24 bits per heavy atom. The topological polar surface area (TPSA) is 44.1 Å². The Balaban J connectivity index is 1.88. The van der Waals surface area contributed by atoms with Gasteiger partial charge in [0.15, 0.2) is 5.78 Å². The van der Waals surface area contributed by atoms with Crippen LogP contribution in [0.4, 0.5) is 0 Å². The maximum Gasteiger partial charge on any atom is 0.176 e. The zero-order chi connectivity index (χ0) is 15.5. The molecule has 0 spiro atoms. The number of carbonyl (C=O) groups excluding carboxylic acids is 1. The first-order valence-corrected chi connectivity index (χ1v) is 7.66. The number of hydrogen-bond donors (Lipinski definition) is 0. The van der Waals surface area contributed by atoms with E-state index in [9.17, 15) is 4.79 Å². The summed E-state index contributed by atoms with van der Waals surface area (Å²) in [5.41, 5.74) is 1.66. The van der Waals surface area contributed by atoms with Crippen LogP contribution in [0.2, 0.25) is 0 Å². The van der Waals surface area contributed by atoms with Crippen LogP contribution in [-0.4, -0.2) is 30.3 Å². The van der Waals surface area contributed by atoms with E-state index in [1.54, 1.807) is 24.3 Å². The molecule has 0 atom stereocenters. The summed E-state index contributed by atoms with van der Waals surface area (Å²) >= 11 is 0. The van der Waals surface area contributed by atoms with Crippen LogP contribution in [-0.2, 0) is 0 Å². The van der Waals surface area contributed by atoms with E-state index < -0.39 is 0 Å². The molecule has 112 valence electrons. The van der Waals surface area contributed by atoms with E-state index in [1.165, 1.54) is 12.8 Å². The fourth-order valence-corrected chi connectivity index (χ4v) is 2.98.